The summed E-state index contributed by atoms with van der Waals surface area (Å²) in [5.41, 5.74) is 1.94. The summed E-state index contributed by atoms with van der Waals surface area (Å²) in [6, 6.07) is 6.72. The standard InChI is InChI=1S/C17H20N6O3/c1-11(2)15-21-16(26-22-15)12-3-5-13(6-4-12)19-17(25)20-14-9-18-23(10-14)7-8-24/h3-6,9-11,24H,7-8H2,1-2H3,(H2,19,20,25). The maximum absolute atomic E-state index is 12.0. The largest absolute Gasteiger partial charge is 0.394 e. The Hall–Kier alpha value is -3.20. The van der Waals surface area contributed by atoms with Crippen LogP contribution in [0.1, 0.15) is 25.6 Å². The molecule has 0 unspecified atom stereocenters. The maximum atomic E-state index is 12.0. The highest BCUT2D eigenvalue weighted by atomic mass is 16.5. The lowest BCUT2D eigenvalue weighted by atomic mass is 10.2. The predicted octanol–water partition coefficient (Wildman–Crippen LogP) is 2.69. The van der Waals surface area contributed by atoms with E-state index in [1.54, 1.807) is 35.1 Å². The van der Waals surface area contributed by atoms with Crippen LogP contribution in [0, 0.1) is 0 Å². The van der Waals surface area contributed by atoms with Gasteiger partial charge in [0.1, 0.15) is 0 Å². The van der Waals surface area contributed by atoms with Crippen molar-refractivity contribution in [3.63, 3.8) is 0 Å². The number of carbonyl (C=O) groups excluding carboxylic acids is 1. The first kappa shape index (κ1) is 17.6. The summed E-state index contributed by atoms with van der Waals surface area (Å²) >= 11 is 0. The highest BCUT2D eigenvalue weighted by molar-refractivity contribution is 5.99. The first-order chi connectivity index (χ1) is 12.5. The monoisotopic (exact) mass is 356 g/mol. The van der Waals surface area contributed by atoms with Crippen molar-refractivity contribution in [1.29, 1.82) is 0 Å². The van der Waals surface area contributed by atoms with Crippen molar-refractivity contribution in [2.24, 2.45) is 0 Å². The van der Waals surface area contributed by atoms with Crippen LogP contribution in [0.15, 0.2) is 41.2 Å². The first-order valence-corrected chi connectivity index (χ1v) is 8.20. The van der Waals surface area contributed by atoms with E-state index in [2.05, 4.69) is 25.9 Å². The SMILES string of the molecule is CC(C)c1noc(-c2ccc(NC(=O)Nc3cnn(CCO)c3)cc2)n1. The molecule has 1 aromatic carbocycles. The third-order valence-corrected chi connectivity index (χ3v) is 3.57. The Morgan fingerprint density at radius 3 is 2.62 bits per heavy atom. The van der Waals surface area contributed by atoms with E-state index >= 15 is 0 Å². The van der Waals surface area contributed by atoms with Gasteiger partial charge in [0.2, 0.25) is 0 Å². The Labute approximate surface area is 150 Å². The topological polar surface area (TPSA) is 118 Å². The van der Waals surface area contributed by atoms with Gasteiger partial charge in [-0.25, -0.2) is 4.79 Å². The fourth-order valence-electron chi connectivity index (χ4n) is 2.23. The smallest absolute Gasteiger partial charge is 0.323 e. The van der Waals surface area contributed by atoms with Crippen LogP contribution in [0.3, 0.4) is 0 Å². The number of anilines is 2. The van der Waals surface area contributed by atoms with Crippen LogP contribution in [0.2, 0.25) is 0 Å². The van der Waals surface area contributed by atoms with Crippen LogP contribution in [-0.2, 0) is 6.54 Å². The molecule has 9 heteroatoms. The number of hydrogen-bond donors (Lipinski definition) is 3. The van der Waals surface area contributed by atoms with Crippen molar-refractivity contribution >= 4 is 17.4 Å². The molecule has 3 N–H and O–H groups in total. The Kier molecular flexibility index (Phi) is 5.28. The number of aliphatic hydroxyl groups is 1. The Morgan fingerprint density at radius 1 is 1.23 bits per heavy atom. The molecule has 0 fully saturated rings. The van der Waals surface area contributed by atoms with Gasteiger partial charge < -0.3 is 20.3 Å². The average Bonchev–Trinajstić information content (AvgIpc) is 3.26. The average molecular weight is 356 g/mol. The molecule has 3 aromatic rings. The number of aromatic nitrogens is 4. The number of benzene rings is 1. The van der Waals surface area contributed by atoms with E-state index in [0.717, 1.165) is 5.56 Å². The summed E-state index contributed by atoms with van der Waals surface area (Å²) in [7, 11) is 0. The van der Waals surface area contributed by atoms with Crippen LogP contribution < -0.4 is 10.6 Å². The fourth-order valence-corrected chi connectivity index (χ4v) is 2.23. The maximum Gasteiger partial charge on any atom is 0.323 e. The molecule has 2 aromatic heterocycles. The lowest BCUT2D eigenvalue weighted by Gasteiger charge is -2.06. The molecule has 136 valence electrons. The third-order valence-electron chi connectivity index (χ3n) is 3.57. The number of aliphatic hydroxyl groups excluding tert-OH is 1. The molecule has 0 atom stereocenters. The Morgan fingerprint density at radius 2 is 1.96 bits per heavy atom. The third kappa shape index (κ3) is 4.25. The summed E-state index contributed by atoms with van der Waals surface area (Å²) in [6.45, 7) is 4.35. The molecule has 0 saturated heterocycles. The van der Waals surface area contributed by atoms with E-state index in [1.165, 1.54) is 6.20 Å². The van der Waals surface area contributed by atoms with E-state index in [4.69, 9.17) is 9.63 Å². The molecule has 0 radical (unpaired) electrons. The molecule has 2 heterocycles. The van der Waals surface area contributed by atoms with E-state index in [1.807, 2.05) is 13.8 Å². The van der Waals surface area contributed by atoms with Gasteiger partial charge in [0.25, 0.3) is 5.89 Å². The number of carbonyl (C=O) groups is 1. The highest BCUT2D eigenvalue weighted by Gasteiger charge is 2.11. The molecule has 9 nitrogen and oxygen atoms in total. The Balaban J connectivity index is 1.60. The molecule has 0 saturated carbocycles. The summed E-state index contributed by atoms with van der Waals surface area (Å²) < 4.78 is 6.79. The summed E-state index contributed by atoms with van der Waals surface area (Å²) in [6.07, 6.45) is 3.15. The summed E-state index contributed by atoms with van der Waals surface area (Å²) in [4.78, 5) is 16.4. The number of amides is 2. The second-order valence-electron chi connectivity index (χ2n) is 5.98. The molecule has 0 aliphatic heterocycles. The van der Waals surface area contributed by atoms with Gasteiger partial charge in [0.05, 0.1) is 25.0 Å². The van der Waals surface area contributed by atoms with E-state index in [9.17, 15) is 4.79 Å². The predicted molar refractivity (Wildman–Crippen MR) is 95.8 cm³/mol. The van der Waals surface area contributed by atoms with Crippen molar-refractivity contribution < 1.29 is 14.4 Å². The van der Waals surface area contributed by atoms with Crippen molar-refractivity contribution in [2.75, 3.05) is 17.2 Å². The molecule has 0 bridgehead atoms. The number of urea groups is 1. The minimum atomic E-state index is -0.388. The lowest BCUT2D eigenvalue weighted by molar-refractivity contribution is 0.262. The minimum Gasteiger partial charge on any atom is -0.394 e. The molecule has 0 spiro atoms. The van der Waals surface area contributed by atoms with Gasteiger partial charge in [-0.05, 0) is 24.3 Å². The van der Waals surface area contributed by atoms with Gasteiger partial charge in [-0.2, -0.15) is 10.1 Å². The molecule has 0 aliphatic rings. The Bertz CT molecular complexity index is 869. The minimum absolute atomic E-state index is 0.0155. The van der Waals surface area contributed by atoms with Crippen LogP contribution in [0.5, 0.6) is 0 Å². The van der Waals surface area contributed by atoms with Crippen LogP contribution in [-0.4, -0.2) is 37.7 Å². The molecule has 2 amide bonds. The fraction of sp³-hybridized carbons (Fsp3) is 0.294. The highest BCUT2D eigenvalue weighted by Crippen LogP contribution is 2.22. The van der Waals surface area contributed by atoms with E-state index in [0.29, 0.717) is 29.6 Å². The number of nitrogens with zero attached hydrogens (tertiary/aromatic N) is 4. The zero-order valence-corrected chi connectivity index (χ0v) is 14.5. The number of hydrogen-bond acceptors (Lipinski definition) is 6. The van der Waals surface area contributed by atoms with Crippen LogP contribution >= 0.6 is 0 Å². The van der Waals surface area contributed by atoms with Crippen LogP contribution in [0.4, 0.5) is 16.2 Å². The molecular formula is C17H20N6O3. The zero-order chi connectivity index (χ0) is 18.5. The van der Waals surface area contributed by atoms with Crippen LogP contribution in [0.25, 0.3) is 11.5 Å². The van der Waals surface area contributed by atoms with Crippen molar-refractivity contribution in [2.45, 2.75) is 26.3 Å². The van der Waals surface area contributed by atoms with Crippen molar-refractivity contribution in [3.05, 3.63) is 42.5 Å². The van der Waals surface area contributed by atoms with Crippen molar-refractivity contribution in [1.82, 2.24) is 19.9 Å². The number of rotatable bonds is 6. The van der Waals surface area contributed by atoms with Gasteiger partial charge in [-0.1, -0.05) is 19.0 Å². The second kappa shape index (κ2) is 7.79. The molecular weight excluding hydrogens is 336 g/mol. The lowest BCUT2D eigenvalue weighted by Crippen LogP contribution is -2.19. The zero-order valence-electron chi connectivity index (χ0n) is 14.5. The van der Waals surface area contributed by atoms with Gasteiger partial charge in [0, 0.05) is 23.4 Å². The summed E-state index contributed by atoms with van der Waals surface area (Å²) in [5.74, 6) is 1.29. The van der Waals surface area contributed by atoms with Gasteiger partial charge in [-0.3, -0.25) is 4.68 Å². The van der Waals surface area contributed by atoms with E-state index < -0.39 is 0 Å². The van der Waals surface area contributed by atoms with E-state index in [-0.39, 0.29) is 18.6 Å². The summed E-state index contributed by atoms with van der Waals surface area (Å²) in [5, 5.41) is 22.2. The van der Waals surface area contributed by atoms with Gasteiger partial charge in [0.15, 0.2) is 5.82 Å². The molecule has 0 aliphatic carbocycles. The van der Waals surface area contributed by atoms with Crippen molar-refractivity contribution in [3.8, 4) is 11.5 Å². The number of nitrogens with one attached hydrogen (secondary N) is 2. The second-order valence-corrected chi connectivity index (χ2v) is 5.98. The first-order valence-electron chi connectivity index (χ1n) is 8.20. The quantitative estimate of drug-likeness (QED) is 0.625. The molecule has 3 rings (SSSR count). The van der Waals surface area contributed by atoms with Gasteiger partial charge in [-0.15, -0.1) is 0 Å². The van der Waals surface area contributed by atoms with Gasteiger partial charge >= 0.3 is 6.03 Å². The normalized spacial score (nSPS) is 10.9. The molecule has 26 heavy (non-hydrogen) atoms.